The van der Waals surface area contributed by atoms with Crippen molar-refractivity contribution in [1.29, 1.82) is 0 Å². The number of rotatable bonds is 41. The van der Waals surface area contributed by atoms with Crippen LogP contribution in [0.2, 0.25) is 0 Å². The van der Waals surface area contributed by atoms with Gasteiger partial charge in [-0.1, -0.05) is 179 Å². The summed E-state index contributed by atoms with van der Waals surface area (Å²) in [5.41, 5.74) is 0. The summed E-state index contributed by atoms with van der Waals surface area (Å²) in [6.07, 6.45) is 35.1. The second-order valence-corrected chi connectivity index (χ2v) is 17.5. The maximum absolute atomic E-state index is 13.0. The monoisotopic (exact) mass is 868 g/mol. The van der Waals surface area contributed by atoms with Gasteiger partial charge in [-0.2, -0.15) is 0 Å². The SMILES string of the molecule is CCCCCCCCCCCCCC/C=C/CC/C=C/CC/C=C/CCCC(O)C(O)C(COC1OC(CO)C(O)C(O)C1O)NC(=O)C(O)CCCCCCCCCCC. The van der Waals surface area contributed by atoms with Crippen LogP contribution in [0.5, 0.6) is 0 Å². The predicted octanol–water partition coefficient (Wildman–Crippen LogP) is 8.78. The lowest BCUT2D eigenvalue weighted by Gasteiger charge is -2.40. The van der Waals surface area contributed by atoms with Crippen LogP contribution in [0.3, 0.4) is 0 Å². The molecule has 0 aromatic rings. The van der Waals surface area contributed by atoms with E-state index in [0.29, 0.717) is 19.3 Å². The minimum atomic E-state index is -1.67. The Morgan fingerprint density at radius 1 is 0.557 bits per heavy atom. The first-order valence-corrected chi connectivity index (χ1v) is 24.9. The Bertz CT molecular complexity index is 1090. The highest BCUT2D eigenvalue weighted by Crippen LogP contribution is 2.23. The fourth-order valence-corrected chi connectivity index (χ4v) is 7.77. The van der Waals surface area contributed by atoms with Gasteiger partial charge >= 0.3 is 0 Å². The second kappa shape index (κ2) is 39.9. The lowest BCUT2D eigenvalue weighted by Crippen LogP contribution is -2.60. The number of carbonyl (C=O) groups excluding carboxylic acids is 1. The number of hydrogen-bond donors (Lipinski definition) is 8. The largest absolute Gasteiger partial charge is 0.394 e. The number of ether oxygens (including phenoxy) is 2. The molecule has 1 heterocycles. The van der Waals surface area contributed by atoms with E-state index in [9.17, 15) is 40.5 Å². The van der Waals surface area contributed by atoms with Gasteiger partial charge in [0.25, 0.3) is 0 Å². The van der Waals surface area contributed by atoms with E-state index >= 15 is 0 Å². The van der Waals surface area contributed by atoms with Crippen molar-refractivity contribution in [3.8, 4) is 0 Å². The molecule has 1 fully saturated rings. The summed E-state index contributed by atoms with van der Waals surface area (Å²) in [5, 5.41) is 75.5. The van der Waals surface area contributed by atoms with Crippen molar-refractivity contribution in [3.05, 3.63) is 36.5 Å². The van der Waals surface area contributed by atoms with E-state index in [0.717, 1.165) is 44.9 Å². The summed E-state index contributed by atoms with van der Waals surface area (Å²) in [4.78, 5) is 13.0. The molecule has 0 spiro atoms. The first-order chi connectivity index (χ1) is 29.7. The van der Waals surface area contributed by atoms with Gasteiger partial charge in [-0.15, -0.1) is 0 Å². The summed E-state index contributed by atoms with van der Waals surface area (Å²) in [5.74, 6) is -0.716. The highest BCUT2D eigenvalue weighted by Gasteiger charge is 2.44. The maximum atomic E-state index is 13.0. The molecule has 358 valence electrons. The molecule has 9 unspecified atom stereocenters. The van der Waals surface area contributed by atoms with Crippen LogP contribution in [0.15, 0.2) is 36.5 Å². The lowest BCUT2D eigenvalue weighted by atomic mass is 9.98. The van der Waals surface area contributed by atoms with Crippen LogP contribution < -0.4 is 5.32 Å². The zero-order valence-corrected chi connectivity index (χ0v) is 38.6. The van der Waals surface area contributed by atoms with E-state index in [1.165, 1.54) is 116 Å². The van der Waals surface area contributed by atoms with Crippen molar-refractivity contribution < 1.29 is 50.0 Å². The van der Waals surface area contributed by atoms with Crippen LogP contribution >= 0.6 is 0 Å². The fourth-order valence-electron chi connectivity index (χ4n) is 7.77. The number of carbonyl (C=O) groups is 1. The van der Waals surface area contributed by atoms with Gasteiger partial charge in [-0.25, -0.2) is 0 Å². The molecular formula is C50H93NO10. The van der Waals surface area contributed by atoms with Gasteiger partial charge in [0.15, 0.2) is 6.29 Å². The first kappa shape index (κ1) is 57.3. The van der Waals surface area contributed by atoms with Gasteiger partial charge in [0.05, 0.1) is 25.4 Å². The van der Waals surface area contributed by atoms with Crippen molar-refractivity contribution in [1.82, 2.24) is 5.32 Å². The molecule has 0 aliphatic carbocycles. The molecule has 61 heavy (non-hydrogen) atoms. The number of aliphatic hydroxyl groups is 7. The third-order valence-corrected chi connectivity index (χ3v) is 11.9. The molecule has 1 aliphatic rings. The quantitative estimate of drug-likeness (QED) is 0.0218. The van der Waals surface area contributed by atoms with E-state index in [1.54, 1.807) is 0 Å². The van der Waals surface area contributed by atoms with Crippen LogP contribution in [0, 0.1) is 0 Å². The van der Waals surface area contributed by atoms with E-state index in [1.807, 2.05) is 0 Å². The normalized spacial score (nSPS) is 21.8. The van der Waals surface area contributed by atoms with Gasteiger partial charge < -0.3 is 50.5 Å². The summed E-state index contributed by atoms with van der Waals surface area (Å²) in [6.45, 7) is 3.39. The highest BCUT2D eigenvalue weighted by molar-refractivity contribution is 5.80. The molecular weight excluding hydrogens is 775 g/mol. The van der Waals surface area contributed by atoms with Gasteiger partial charge in [0.1, 0.15) is 36.6 Å². The Hall–Kier alpha value is -1.67. The Labute approximate surface area is 371 Å². The second-order valence-electron chi connectivity index (χ2n) is 17.5. The van der Waals surface area contributed by atoms with Crippen molar-refractivity contribution in [2.45, 2.75) is 262 Å². The number of allylic oxidation sites excluding steroid dienone is 6. The van der Waals surface area contributed by atoms with Gasteiger partial charge in [0, 0.05) is 0 Å². The highest BCUT2D eigenvalue weighted by atomic mass is 16.7. The lowest BCUT2D eigenvalue weighted by molar-refractivity contribution is -0.303. The van der Waals surface area contributed by atoms with Crippen molar-refractivity contribution in [2.75, 3.05) is 13.2 Å². The van der Waals surface area contributed by atoms with Gasteiger partial charge in [-0.3, -0.25) is 4.79 Å². The average molecular weight is 868 g/mol. The number of hydrogen-bond acceptors (Lipinski definition) is 10. The molecule has 8 N–H and O–H groups in total. The standard InChI is InChI=1S/C50H93NO10/c1-3-5-7-9-11-13-14-15-16-17-18-19-20-21-22-23-24-25-26-27-28-30-31-33-35-37-42(53)45(55)41(40-60-50-48(58)47(57)46(56)44(39-52)61-50)51-49(59)43(54)38-36-34-32-29-12-10-8-6-4-2/h21-22,25-26,30-31,41-48,50,52-58H,3-20,23-24,27-29,32-40H2,1-2H3,(H,51,59)/b22-21+,26-25+,31-30+. The van der Waals surface area contributed by atoms with Crippen LogP contribution in [-0.2, 0) is 14.3 Å². The molecule has 0 saturated carbocycles. The minimum Gasteiger partial charge on any atom is -0.394 e. The first-order valence-electron chi connectivity index (χ1n) is 24.9. The summed E-state index contributed by atoms with van der Waals surface area (Å²) < 4.78 is 11.1. The molecule has 9 atom stereocenters. The molecule has 1 aliphatic heterocycles. The zero-order valence-electron chi connectivity index (χ0n) is 38.6. The molecule has 1 amide bonds. The van der Waals surface area contributed by atoms with E-state index in [4.69, 9.17) is 9.47 Å². The topological polar surface area (TPSA) is 189 Å². The molecule has 0 radical (unpaired) electrons. The molecule has 11 heteroatoms. The fraction of sp³-hybridized carbons (Fsp3) is 0.860. The molecule has 0 aromatic heterocycles. The molecule has 1 saturated heterocycles. The maximum Gasteiger partial charge on any atom is 0.249 e. The van der Waals surface area contributed by atoms with E-state index in [2.05, 4.69) is 55.6 Å². The van der Waals surface area contributed by atoms with Crippen LogP contribution in [0.1, 0.15) is 206 Å². The summed E-state index contributed by atoms with van der Waals surface area (Å²) >= 11 is 0. The molecule has 0 aromatic carbocycles. The predicted molar refractivity (Wildman–Crippen MR) is 247 cm³/mol. The Kier molecular flexibility index (Phi) is 37.5. The molecule has 0 bridgehead atoms. The van der Waals surface area contributed by atoms with Crippen molar-refractivity contribution in [3.63, 3.8) is 0 Å². The Balaban J connectivity index is 2.38. The third-order valence-electron chi connectivity index (χ3n) is 11.9. The smallest absolute Gasteiger partial charge is 0.249 e. The van der Waals surface area contributed by atoms with Gasteiger partial charge in [-0.05, 0) is 64.2 Å². The van der Waals surface area contributed by atoms with Crippen molar-refractivity contribution in [2.24, 2.45) is 0 Å². The number of unbranched alkanes of at least 4 members (excludes halogenated alkanes) is 23. The minimum absolute atomic E-state index is 0.242. The van der Waals surface area contributed by atoms with E-state index in [-0.39, 0.29) is 12.8 Å². The van der Waals surface area contributed by atoms with Crippen LogP contribution in [0.4, 0.5) is 0 Å². The number of amides is 1. The van der Waals surface area contributed by atoms with E-state index < -0.39 is 74.2 Å². The average Bonchev–Trinajstić information content (AvgIpc) is 3.26. The number of aliphatic hydroxyl groups excluding tert-OH is 7. The molecule has 1 rings (SSSR count). The summed E-state index contributed by atoms with van der Waals surface area (Å²) in [7, 11) is 0. The zero-order chi connectivity index (χ0) is 44.8. The van der Waals surface area contributed by atoms with Crippen molar-refractivity contribution >= 4 is 5.91 Å². The number of nitrogens with one attached hydrogen (secondary N) is 1. The van der Waals surface area contributed by atoms with Gasteiger partial charge in [0.2, 0.25) is 5.91 Å². The summed E-state index contributed by atoms with van der Waals surface area (Å²) in [6, 6.07) is -1.19. The molecule has 11 nitrogen and oxygen atoms in total. The Morgan fingerprint density at radius 2 is 0.984 bits per heavy atom. The van der Waals surface area contributed by atoms with Crippen LogP contribution in [0.25, 0.3) is 0 Å². The Morgan fingerprint density at radius 3 is 1.46 bits per heavy atom. The third kappa shape index (κ3) is 29.4. The van der Waals surface area contributed by atoms with Crippen LogP contribution in [-0.4, -0.2) is 110 Å².